The maximum atomic E-state index is 9.59. The molecule has 0 N–H and O–H groups in total. The first-order valence-electron chi connectivity index (χ1n) is 34.4. The van der Waals surface area contributed by atoms with Gasteiger partial charge in [-0.3, -0.25) is 0 Å². The summed E-state index contributed by atoms with van der Waals surface area (Å²) >= 11 is 0. The summed E-state index contributed by atoms with van der Waals surface area (Å²) in [4.78, 5) is 5.07. The lowest BCUT2D eigenvalue weighted by Gasteiger charge is -2.46. The van der Waals surface area contributed by atoms with Crippen LogP contribution in [0.1, 0.15) is 55.4 Å². The Bertz CT molecular complexity index is 5260. The number of fused-ring (bicyclic) bond motifs is 7. The summed E-state index contributed by atoms with van der Waals surface area (Å²) in [5.74, 6) is 0. The van der Waals surface area contributed by atoms with Crippen LogP contribution in [0.3, 0.4) is 0 Å². The number of anilines is 6. The van der Waals surface area contributed by atoms with Crippen molar-refractivity contribution in [3.05, 3.63) is 367 Å². The van der Waals surface area contributed by atoms with Gasteiger partial charge in [-0.1, -0.05) is 324 Å². The van der Waals surface area contributed by atoms with Gasteiger partial charge >= 0.3 is 0 Å². The number of rotatable bonds is 10. The normalized spacial score (nSPS) is 13.9. The van der Waals surface area contributed by atoms with E-state index in [2.05, 4.69) is 334 Å². The Balaban J connectivity index is 1.09. The molecule has 2 heterocycles. The van der Waals surface area contributed by atoms with Crippen LogP contribution in [0.25, 0.3) is 77.9 Å². The molecule has 0 saturated carbocycles. The highest BCUT2D eigenvalue weighted by Crippen LogP contribution is 2.61. The molecule has 0 aromatic heterocycles. The van der Waals surface area contributed by atoms with E-state index < -0.39 is 11.5 Å². The van der Waals surface area contributed by atoms with Crippen molar-refractivity contribution in [2.75, 3.05) is 9.80 Å². The topological polar surface area (TPSA) is 6.48 Å². The molecule has 92 heavy (non-hydrogen) atoms. The van der Waals surface area contributed by atoms with E-state index >= 15 is 0 Å². The van der Waals surface area contributed by atoms with Gasteiger partial charge in [-0.15, -0.1) is 0 Å². The number of nitrogens with zero attached hydrogens (tertiary/aromatic N) is 2. The van der Waals surface area contributed by atoms with E-state index in [-0.39, 0.29) is 41.9 Å². The molecule has 3 heteroatoms. The van der Waals surface area contributed by atoms with Crippen LogP contribution in [0.5, 0.6) is 0 Å². The van der Waals surface area contributed by atoms with Gasteiger partial charge < -0.3 is 9.80 Å². The second-order valence-corrected chi connectivity index (χ2v) is 25.5. The van der Waals surface area contributed by atoms with Crippen LogP contribution >= 0.6 is 0 Å². The molecule has 434 valence electrons. The molecule has 0 saturated heterocycles. The van der Waals surface area contributed by atoms with E-state index in [0.717, 1.165) is 128 Å². The number of hydrogen-bond acceptors (Lipinski definition) is 2. The minimum atomic E-state index is -0.776. The summed E-state index contributed by atoms with van der Waals surface area (Å²) in [6.07, 6.45) is 0. The fraction of sp³-hybridized carbons (Fsp3) is 0.0562. The van der Waals surface area contributed by atoms with E-state index in [4.69, 9.17) is 4.11 Å². The molecule has 0 atom stereocenters. The van der Waals surface area contributed by atoms with E-state index in [9.17, 15) is 2.74 Å². The molecule has 0 fully saturated rings. The Kier molecular flexibility index (Phi) is 11.9. The van der Waals surface area contributed by atoms with Crippen LogP contribution in [0.2, 0.25) is 0 Å². The predicted octanol–water partition coefficient (Wildman–Crippen LogP) is 21.4. The van der Waals surface area contributed by atoms with Gasteiger partial charge in [0.15, 0.2) is 0 Å². The number of hydrogen-bond donors (Lipinski definition) is 0. The zero-order chi connectivity index (χ0) is 65.8. The summed E-state index contributed by atoms with van der Waals surface area (Å²) in [7, 11) is 0. The molecule has 0 unspecified atom stereocenters. The van der Waals surface area contributed by atoms with Gasteiger partial charge in [0.25, 0.3) is 6.71 Å². The summed E-state index contributed by atoms with van der Waals surface area (Å²) in [6.45, 7) is 6.46. The minimum Gasteiger partial charge on any atom is -0.310 e. The number of para-hydroxylation sites is 2. The minimum absolute atomic E-state index is 0.141. The van der Waals surface area contributed by atoms with Crippen LogP contribution in [0, 0.1) is 0 Å². The van der Waals surface area contributed by atoms with Gasteiger partial charge in [-0.2, -0.15) is 0 Å². The molecule has 2 nitrogen and oxygen atoms in total. The van der Waals surface area contributed by atoms with Crippen molar-refractivity contribution in [2.45, 2.75) is 31.6 Å². The van der Waals surface area contributed by atoms with E-state index in [1.165, 1.54) is 16.7 Å². The van der Waals surface area contributed by atoms with Crippen molar-refractivity contribution in [3.63, 3.8) is 0 Å². The fourth-order valence-electron chi connectivity index (χ4n) is 15.3. The third-order valence-corrected chi connectivity index (χ3v) is 19.4. The van der Waals surface area contributed by atoms with Crippen molar-refractivity contribution < 1.29 is 6.85 Å². The molecule has 17 rings (SSSR count). The molecule has 1 aliphatic carbocycles. The summed E-state index contributed by atoms with van der Waals surface area (Å²) in [5.41, 5.74) is 27.3. The van der Waals surface area contributed by atoms with Crippen molar-refractivity contribution in [1.82, 2.24) is 0 Å². The predicted molar refractivity (Wildman–Crippen MR) is 389 cm³/mol. The van der Waals surface area contributed by atoms with Gasteiger partial charge in [0, 0.05) is 45.0 Å². The Morgan fingerprint density at radius 1 is 0.315 bits per heavy atom. The zero-order valence-electron chi connectivity index (χ0n) is 56.4. The van der Waals surface area contributed by atoms with Gasteiger partial charge in [0.2, 0.25) is 0 Å². The monoisotopic (exact) mass is 1180 g/mol. The Morgan fingerprint density at radius 2 is 0.739 bits per heavy atom. The lowest BCUT2D eigenvalue weighted by molar-refractivity contribution is 0.591. The first-order chi connectivity index (χ1) is 47.4. The van der Waals surface area contributed by atoms with Gasteiger partial charge in [-0.25, -0.2) is 0 Å². The maximum Gasteiger partial charge on any atom is 0.252 e. The van der Waals surface area contributed by atoms with Crippen molar-refractivity contribution >= 4 is 57.2 Å². The molecular weight excluding hydrogens is 1110 g/mol. The molecular formula is C89H65BN2. The van der Waals surface area contributed by atoms with Gasteiger partial charge in [0.1, 0.15) is 0 Å². The standard InChI is InChI=1S/C89H65BN2/c1-88(2,3)69-58-75(63-37-17-7-18-38-63)87(76(59-69)64-39-19-8-20-40-64)92-81-55-65(60-31-11-4-12-32-60)53-54-79(81)90-78-51-27-28-52-80(78)91(86-71(61-33-13-5-14-34-61)47-30-48-72(86)62-35-15-6-16-36-62)82-56-66(57-83(92)85(82)90)70-46-29-49-74-73-45-25-26-50-77(73)89(84(70)74,67-41-21-9-22-42-67)68-43-23-10-24-44-68/h4-59H,1-3H3/i4D,11D,12D,31D,32D. The second kappa shape index (κ2) is 22.1. The zero-order valence-corrected chi connectivity index (χ0v) is 51.4. The first kappa shape index (κ1) is 49.6. The molecule has 0 radical (unpaired) electrons. The Labute approximate surface area is 547 Å². The Hall–Kier alpha value is -11.3. The molecule has 14 aromatic rings. The lowest BCUT2D eigenvalue weighted by Crippen LogP contribution is -2.61. The summed E-state index contributed by atoms with van der Waals surface area (Å²) in [6, 6.07) is 111. The van der Waals surface area contributed by atoms with Crippen LogP contribution in [-0.2, 0) is 10.8 Å². The molecule has 3 aliphatic rings. The highest BCUT2D eigenvalue weighted by molar-refractivity contribution is 7.00. The fourth-order valence-corrected chi connectivity index (χ4v) is 15.3. The molecule has 0 amide bonds. The van der Waals surface area contributed by atoms with E-state index in [1.807, 2.05) is 6.07 Å². The van der Waals surface area contributed by atoms with Crippen molar-refractivity contribution in [2.24, 2.45) is 0 Å². The maximum absolute atomic E-state index is 9.59. The van der Waals surface area contributed by atoms with Crippen molar-refractivity contribution in [3.8, 4) is 77.9 Å². The van der Waals surface area contributed by atoms with E-state index in [0.29, 0.717) is 5.56 Å². The average Bonchev–Trinajstić information content (AvgIpc) is 1.68. The van der Waals surface area contributed by atoms with Crippen molar-refractivity contribution in [1.29, 1.82) is 0 Å². The molecule has 14 aromatic carbocycles. The van der Waals surface area contributed by atoms with Crippen LogP contribution < -0.4 is 26.2 Å². The third kappa shape index (κ3) is 8.71. The molecule has 2 aliphatic heterocycles. The second-order valence-electron chi connectivity index (χ2n) is 25.5. The quantitative estimate of drug-likeness (QED) is 0.126. The van der Waals surface area contributed by atoms with Crippen LogP contribution in [0.4, 0.5) is 34.1 Å². The van der Waals surface area contributed by atoms with Gasteiger partial charge in [-0.05, 0) is 142 Å². The molecule has 0 bridgehead atoms. The third-order valence-electron chi connectivity index (χ3n) is 19.4. The highest BCUT2D eigenvalue weighted by Gasteiger charge is 2.49. The lowest BCUT2D eigenvalue weighted by atomic mass is 9.33. The molecule has 0 spiro atoms. The Morgan fingerprint density at radius 3 is 1.29 bits per heavy atom. The highest BCUT2D eigenvalue weighted by atomic mass is 15.2. The van der Waals surface area contributed by atoms with Crippen LogP contribution in [-0.4, -0.2) is 6.71 Å². The largest absolute Gasteiger partial charge is 0.310 e. The van der Waals surface area contributed by atoms with E-state index in [1.54, 1.807) is 0 Å². The first-order valence-corrected chi connectivity index (χ1v) is 31.9. The summed E-state index contributed by atoms with van der Waals surface area (Å²) in [5, 5.41) is 0. The summed E-state index contributed by atoms with van der Waals surface area (Å²) < 4.78 is 46.1. The number of benzene rings is 14. The average molecular weight is 1180 g/mol. The SMILES string of the molecule is [2H]c1c([2H])c([2H])c(-c2ccc3c(c2)N(c2c(-c4ccccc4)cc(C(C)(C)C)cc2-c2ccccc2)c2cc(-c4cccc5c4C(c4ccccc4)(c4ccccc4)c4ccccc4-5)cc4c2B3c2ccccc2N4c2c(-c3ccccc3)cccc2-c2ccccc2)c([2H])c1[2H]. The smallest absolute Gasteiger partial charge is 0.252 e. The van der Waals surface area contributed by atoms with Crippen LogP contribution in [0.15, 0.2) is 340 Å². The van der Waals surface area contributed by atoms with Gasteiger partial charge in [0.05, 0.1) is 23.6 Å².